The molecular weight excluding hydrogens is 444 g/mol. The molecule has 2 aliphatic carbocycles. The molecule has 0 amide bonds. The minimum Gasteiger partial charge on any atom is -0.465 e. The van der Waals surface area contributed by atoms with Crippen molar-refractivity contribution in [2.24, 2.45) is 11.3 Å². The van der Waals surface area contributed by atoms with Gasteiger partial charge < -0.3 is 13.9 Å². The van der Waals surface area contributed by atoms with E-state index in [4.69, 9.17) is 13.9 Å². The number of fused-ring (bicyclic) bond motifs is 3. The summed E-state index contributed by atoms with van der Waals surface area (Å²) >= 11 is 0. The Morgan fingerprint density at radius 1 is 0.912 bits per heavy atom. The van der Waals surface area contributed by atoms with E-state index in [1.165, 1.54) is 0 Å². The number of hydrogen-bond acceptors (Lipinski definition) is 5. The molecule has 0 radical (unpaired) electrons. The molecule has 0 N–H and O–H groups in total. The highest BCUT2D eigenvalue weighted by Gasteiger charge is 2.76. The lowest BCUT2D eigenvalue weighted by Gasteiger charge is -2.51. The Kier molecular flexibility index (Phi) is 6.75. The average molecular weight is 481 g/mol. The Balaban J connectivity index is 2.08. The minimum atomic E-state index is -2.28. The summed E-state index contributed by atoms with van der Waals surface area (Å²) in [6.45, 7) is 10.3. The van der Waals surface area contributed by atoms with Crippen LogP contribution in [0.4, 0.5) is 0 Å². The molecule has 1 unspecified atom stereocenters. The summed E-state index contributed by atoms with van der Waals surface area (Å²) in [4.78, 5) is 28.1. The zero-order valence-corrected chi connectivity index (χ0v) is 21.9. The first kappa shape index (κ1) is 24.7. The van der Waals surface area contributed by atoms with Crippen molar-refractivity contribution in [1.29, 1.82) is 0 Å². The van der Waals surface area contributed by atoms with E-state index in [1.54, 1.807) is 13.8 Å². The smallest absolute Gasteiger partial charge is 0.326 e. The number of ether oxygens (including phenoxy) is 2. The highest BCUT2D eigenvalue weighted by molar-refractivity contribution is 6.69. The van der Waals surface area contributed by atoms with E-state index < -0.39 is 31.3 Å². The van der Waals surface area contributed by atoms with Gasteiger partial charge in [-0.05, 0) is 75.4 Å². The summed E-state index contributed by atoms with van der Waals surface area (Å²) in [5.74, 6) is -1.18. The van der Waals surface area contributed by atoms with Crippen LogP contribution in [0.15, 0.2) is 54.6 Å². The monoisotopic (exact) mass is 480 g/mol. The molecule has 1 fully saturated rings. The van der Waals surface area contributed by atoms with E-state index in [0.29, 0.717) is 6.42 Å². The molecule has 34 heavy (non-hydrogen) atoms. The lowest BCUT2D eigenvalue weighted by atomic mass is 9.62. The fourth-order valence-electron chi connectivity index (χ4n) is 6.28. The molecule has 2 aromatic rings. The van der Waals surface area contributed by atoms with Gasteiger partial charge in [0.25, 0.3) is 0 Å². The predicted octanol–water partition coefficient (Wildman–Crippen LogP) is 5.60. The largest absolute Gasteiger partial charge is 0.465 e. The van der Waals surface area contributed by atoms with Gasteiger partial charge in [-0.2, -0.15) is 0 Å². The predicted molar refractivity (Wildman–Crippen MR) is 134 cm³/mol. The van der Waals surface area contributed by atoms with Gasteiger partial charge in [-0.15, -0.1) is 0 Å². The standard InChI is InChI=1S/C28H36O5Si/c1-6-31-25(29)27(26(30)32-7-2)19-22(20-13-9-8-10-14-20)24-18-17-21-15-11-12-16-23(21)28(24,27)33-34(3,4)5/h8-16,22,24H,6-7,17-19H2,1-5H3/t22-,24?,28-/m0/s1. The number of benzene rings is 2. The van der Waals surface area contributed by atoms with Crippen LogP contribution in [0.25, 0.3) is 0 Å². The molecule has 6 heteroatoms. The molecular formula is C28H36O5Si. The summed E-state index contributed by atoms with van der Waals surface area (Å²) in [7, 11) is -2.28. The summed E-state index contributed by atoms with van der Waals surface area (Å²) in [5.41, 5.74) is 0.453. The molecule has 0 heterocycles. The second kappa shape index (κ2) is 9.31. The maximum absolute atomic E-state index is 14.0. The molecule has 1 saturated carbocycles. The first-order valence-corrected chi connectivity index (χ1v) is 15.8. The van der Waals surface area contributed by atoms with E-state index >= 15 is 0 Å². The molecule has 0 bridgehead atoms. The molecule has 182 valence electrons. The summed E-state index contributed by atoms with van der Waals surface area (Å²) in [6.07, 6.45) is 2.00. The van der Waals surface area contributed by atoms with E-state index in [-0.39, 0.29) is 25.0 Å². The number of carbonyl (C=O) groups excluding carboxylic acids is 2. The third-order valence-electron chi connectivity index (χ3n) is 7.25. The zero-order chi connectivity index (χ0) is 24.6. The van der Waals surface area contributed by atoms with E-state index in [1.807, 2.05) is 36.4 Å². The van der Waals surface area contributed by atoms with Crippen molar-refractivity contribution in [3.05, 3.63) is 71.3 Å². The van der Waals surface area contributed by atoms with Gasteiger partial charge in [-0.25, -0.2) is 0 Å². The van der Waals surface area contributed by atoms with Gasteiger partial charge in [0.15, 0.2) is 13.7 Å². The minimum absolute atomic E-state index is 0.0419. The molecule has 0 aromatic heterocycles. The quantitative estimate of drug-likeness (QED) is 0.293. The normalized spacial score (nSPS) is 25.2. The van der Waals surface area contributed by atoms with Crippen LogP contribution in [0, 0.1) is 11.3 Å². The van der Waals surface area contributed by atoms with Crippen LogP contribution in [-0.4, -0.2) is 33.5 Å². The molecule has 0 aliphatic heterocycles. The fraction of sp³-hybridized carbons (Fsp3) is 0.500. The second-order valence-corrected chi connectivity index (χ2v) is 14.7. The maximum Gasteiger partial charge on any atom is 0.326 e. The van der Waals surface area contributed by atoms with Crippen molar-refractivity contribution in [2.75, 3.05) is 13.2 Å². The van der Waals surface area contributed by atoms with Crippen molar-refractivity contribution in [1.82, 2.24) is 0 Å². The molecule has 0 spiro atoms. The van der Waals surface area contributed by atoms with Crippen LogP contribution in [0.3, 0.4) is 0 Å². The first-order valence-electron chi connectivity index (χ1n) is 12.4. The lowest BCUT2D eigenvalue weighted by molar-refractivity contribution is -0.193. The maximum atomic E-state index is 14.0. The molecule has 4 rings (SSSR count). The highest BCUT2D eigenvalue weighted by atomic mass is 28.4. The van der Waals surface area contributed by atoms with Crippen LogP contribution in [0.5, 0.6) is 0 Å². The van der Waals surface area contributed by atoms with Crippen LogP contribution >= 0.6 is 0 Å². The SMILES string of the molecule is CCOC(=O)C1(C(=O)OCC)C[C@@H](c2ccccc2)C2CCc3ccccc3[C@]21O[Si](C)(C)C. The van der Waals surface area contributed by atoms with Crippen LogP contribution in [0.1, 0.15) is 49.3 Å². The van der Waals surface area contributed by atoms with Crippen molar-refractivity contribution < 1.29 is 23.5 Å². The van der Waals surface area contributed by atoms with Crippen LogP contribution in [0.2, 0.25) is 19.6 Å². The van der Waals surface area contributed by atoms with Gasteiger partial charge in [-0.3, -0.25) is 9.59 Å². The number of esters is 2. The Morgan fingerprint density at radius 3 is 2.09 bits per heavy atom. The summed E-state index contributed by atoms with van der Waals surface area (Å²) < 4.78 is 18.5. The van der Waals surface area contributed by atoms with Crippen molar-refractivity contribution in [3.8, 4) is 0 Å². The highest BCUT2D eigenvalue weighted by Crippen LogP contribution is 2.68. The number of hydrogen-bond donors (Lipinski definition) is 0. The third kappa shape index (κ3) is 3.81. The van der Waals surface area contributed by atoms with Gasteiger partial charge >= 0.3 is 11.9 Å². The van der Waals surface area contributed by atoms with Crippen LogP contribution < -0.4 is 0 Å². The molecule has 3 atom stereocenters. The number of rotatable bonds is 7. The van der Waals surface area contributed by atoms with Gasteiger partial charge in [0, 0.05) is 5.92 Å². The third-order valence-corrected chi connectivity index (χ3v) is 8.19. The Labute approximate surface area is 203 Å². The summed E-state index contributed by atoms with van der Waals surface area (Å²) in [5, 5.41) is 0. The van der Waals surface area contributed by atoms with Gasteiger partial charge in [0.05, 0.1) is 13.2 Å². The second-order valence-electron chi connectivity index (χ2n) is 10.3. The fourth-order valence-corrected chi connectivity index (χ4v) is 7.68. The molecule has 5 nitrogen and oxygen atoms in total. The van der Waals surface area contributed by atoms with E-state index in [9.17, 15) is 9.59 Å². The van der Waals surface area contributed by atoms with Crippen molar-refractivity contribution in [3.63, 3.8) is 0 Å². The van der Waals surface area contributed by atoms with E-state index in [2.05, 4.69) is 37.8 Å². The Morgan fingerprint density at radius 2 is 1.50 bits per heavy atom. The molecule has 0 saturated heterocycles. The molecule has 2 aromatic carbocycles. The molecule has 2 aliphatic rings. The topological polar surface area (TPSA) is 61.8 Å². The number of carbonyl (C=O) groups is 2. The Bertz CT molecular complexity index is 1030. The van der Waals surface area contributed by atoms with Gasteiger partial charge in [-0.1, -0.05) is 54.6 Å². The first-order chi connectivity index (χ1) is 16.2. The average Bonchev–Trinajstić information content (AvgIpc) is 3.10. The summed E-state index contributed by atoms with van der Waals surface area (Å²) in [6, 6.07) is 18.3. The lowest BCUT2D eigenvalue weighted by Crippen LogP contribution is -2.61. The van der Waals surface area contributed by atoms with Gasteiger partial charge in [0.2, 0.25) is 0 Å². The Hall–Kier alpha value is -2.44. The number of aryl methyl sites for hydroxylation is 1. The van der Waals surface area contributed by atoms with Crippen molar-refractivity contribution >= 4 is 20.3 Å². The zero-order valence-electron chi connectivity index (χ0n) is 20.9. The van der Waals surface area contributed by atoms with Gasteiger partial charge in [0.1, 0.15) is 5.60 Å². The van der Waals surface area contributed by atoms with Crippen molar-refractivity contribution in [2.45, 2.75) is 64.3 Å². The van der Waals surface area contributed by atoms with E-state index in [0.717, 1.165) is 29.5 Å². The van der Waals surface area contributed by atoms with Crippen LogP contribution in [-0.2, 0) is 35.5 Å².